The average molecular weight is 217 g/mol. The highest BCUT2D eigenvalue weighted by Crippen LogP contribution is 2.13. The predicted molar refractivity (Wildman–Crippen MR) is 54.3 cm³/mol. The van der Waals surface area contributed by atoms with Crippen molar-refractivity contribution >= 4 is 5.91 Å². The number of hydrogen-bond donors (Lipinski definition) is 2. The minimum atomic E-state index is -0.265. The molecule has 88 valence electrons. The Labute approximate surface area is 89.6 Å². The molecule has 5 heteroatoms. The third-order valence-corrected chi connectivity index (χ3v) is 2.58. The van der Waals surface area contributed by atoms with Crippen molar-refractivity contribution in [3.05, 3.63) is 0 Å². The van der Waals surface area contributed by atoms with Crippen LogP contribution in [0, 0.1) is 0 Å². The average Bonchev–Trinajstić information content (AvgIpc) is 2.26. The van der Waals surface area contributed by atoms with Crippen LogP contribution in [0.3, 0.4) is 0 Å². The highest BCUT2D eigenvalue weighted by molar-refractivity contribution is 5.76. The van der Waals surface area contributed by atoms with Gasteiger partial charge in [0.15, 0.2) is 0 Å². The van der Waals surface area contributed by atoms with Gasteiger partial charge in [0.1, 0.15) is 0 Å². The molecule has 1 amide bonds. The Bertz CT molecular complexity index is 210. The highest BCUT2D eigenvalue weighted by atomic mass is 16.5. The SMILES string of the molecule is CC1COC(CO)CN1C(=O)CCCO. The van der Waals surface area contributed by atoms with Crippen molar-refractivity contribution in [2.24, 2.45) is 0 Å². The van der Waals surface area contributed by atoms with Crippen molar-refractivity contribution in [1.82, 2.24) is 4.90 Å². The lowest BCUT2D eigenvalue weighted by Crippen LogP contribution is -2.52. The molecule has 15 heavy (non-hydrogen) atoms. The maximum Gasteiger partial charge on any atom is 0.223 e. The first-order chi connectivity index (χ1) is 7.19. The zero-order valence-corrected chi connectivity index (χ0v) is 9.06. The molecule has 0 spiro atoms. The number of hydrogen-bond acceptors (Lipinski definition) is 4. The Kier molecular flexibility index (Phi) is 5.01. The van der Waals surface area contributed by atoms with E-state index in [1.165, 1.54) is 0 Å². The van der Waals surface area contributed by atoms with Crippen molar-refractivity contribution < 1.29 is 19.7 Å². The monoisotopic (exact) mass is 217 g/mol. The Morgan fingerprint density at radius 1 is 1.53 bits per heavy atom. The van der Waals surface area contributed by atoms with Crippen molar-refractivity contribution in [2.45, 2.75) is 31.9 Å². The van der Waals surface area contributed by atoms with Gasteiger partial charge in [-0.25, -0.2) is 0 Å². The van der Waals surface area contributed by atoms with Crippen LogP contribution in [0.4, 0.5) is 0 Å². The smallest absolute Gasteiger partial charge is 0.223 e. The van der Waals surface area contributed by atoms with E-state index in [4.69, 9.17) is 14.9 Å². The van der Waals surface area contributed by atoms with Gasteiger partial charge in [-0.2, -0.15) is 0 Å². The van der Waals surface area contributed by atoms with E-state index in [9.17, 15) is 4.79 Å². The van der Waals surface area contributed by atoms with E-state index in [1.54, 1.807) is 4.90 Å². The van der Waals surface area contributed by atoms with Gasteiger partial charge < -0.3 is 19.8 Å². The summed E-state index contributed by atoms with van der Waals surface area (Å²) in [6.07, 6.45) is 0.588. The standard InChI is InChI=1S/C10H19NO4/c1-8-7-15-9(6-13)5-11(8)10(14)3-2-4-12/h8-9,12-13H,2-7H2,1H3. The maximum absolute atomic E-state index is 11.7. The fourth-order valence-corrected chi connectivity index (χ4v) is 1.65. The molecule has 0 aromatic rings. The molecule has 2 unspecified atom stereocenters. The van der Waals surface area contributed by atoms with Gasteiger partial charge in [0.2, 0.25) is 5.91 Å². The van der Waals surface area contributed by atoms with E-state index in [0.717, 1.165) is 0 Å². The van der Waals surface area contributed by atoms with Crippen LogP contribution in [0.2, 0.25) is 0 Å². The topological polar surface area (TPSA) is 70.0 Å². The van der Waals surface area contributed by atoms with E-state index in [-0.39, 0.29) is 31.3 Å². The van der Waals surface area contributed by atoms with E-state index in [0.29, 0.717) is 26.0 Å². The Hall–Kier alpha value is -0.650. The first-order valence-corrected chi connectivity index (χ1v) is 5.31. The minimum Gasteiger partial charge on any atom is -0.396 e. The van der Waals surface area contributed by atoms with Crippen molar-refractivity contribution in [2.75, 3.05) is 26.4 Å². The Morgan fingerprint density at radius 2 is 2.27 bits per heavy atom. The molecule has 1 saturated heterocycles. The van der Waals surface area contributed by atoms with Gasteiger partial charge in [-0.1, -0.05) is 0 Å². The molecule has 0 saturated carbocycles. The second kappa shape index (κ2) is 6.05. The molecule has 1 heterocycles. The van der Waals surface area contributed by atoms with Crippen molar-refractivity contribution in [3.63, 3.8) is 0 Å². The largest absolute Gasteiger partial charge is 0.396 e. The first-order valence-electron chi connectivity index (χ1n) is 5.31. The van der Waals surface area contributed by atoms with Crippen LogP contribution in [-0.4, -0.2) is 59.5 Å². The number of aliphatic hydroxyl groups is 2. The van der Waals surface area contributed by atoms with Crippen LogP contribution < -0.4 is 0 Å². The van der Waals surface area contributed by atoms with E-state index >= 15 is 0 Å². The quantitative estimate of drug-likeness (QED) is 0.657. The summed E-state index contributed by atoms with van der Waals surface area (Å²) in [6.45, 7) is 2.81. The van der Waals surface area contributed by atoms with Gasteiger partial charge in [-0.05, 0) is 13.3 Å². The second-order valence-electron chi connectivity index (χ2n) is 3.86. The summed E-state index contributed by atoms with van der Waals surface area (Å²) in [7, 11) is 0. The van der Waals surface area contributed by atoms with Crippen LogP contribution in [0.1, 0.15) is 19.8 Å². The number of amides is 1. The summed E-state index contributed by atoms with van der Waals surface area (Å²) in [5, 5.41) is 17.6. The normalized spacial score (nSPS) is 26.7. The molecule has 0 radical (unpaired) electrons. The minimum absolute atomic E-state index is 0.0262. The third kappa shape index (κ3) is 3.44. The summed E-state index contributed by atoms with van der Waals surface area (Å²) < 4.78 is 5.33. The molecule has 2 atom stereocenters. The maximum atomic E-state index is 11.7. The van der Waals surface area contributed by atoms with Crippen LogP contribution in [0.25, 0.3) is 0 Å². The van der Waals surface area contributed by atoms with Crippen LogP contribution >= 0.6 is 0 Å². The second-order valence-corrected chi connectivity index (χ2v) is 3.86. The van der Waals surface area contributed by atoms with Crippen LogP contribution in [0.5, 0.6) is 0 Å². The summed E-state index contributed by atoms with van der Waals surface area (Å²) in [6, 6.07) is 0.0546. The first kappa shape index (κ1) is 12.4. The van der Waals surface area contributed by atoms with Crippen molar-refractivity contribution in [3.8, 4) is 0 Å². The summed E-state index contributed by atoms with van der Waals surface area (Å²) in [5.41, 5.74) is 0. The fourth-order valence-electron chi connectivity index (χ4n) is 1.65. The lowest BCUT2D eigenvalue weighted by molar-refractivity contribution is -0.146. The van der Waals surface area contributed by atoms with E-state index in [2.05, 4.69) is 0 Å². The molecule has 5 nitrogen and oxygen atoms in total. The Balaban J connectivity index is 2.46. The number of nitrogens with zero attached hydrogens (tertiary/aromatic N) is 1. The van der Waals surface area contributed by atoms with Gasteiger partial charge >= 0.3 is 0 Å². The summed E-state index contributed by atoms with van der Waals surface area (Å²) >= 11 is 0. The molecule has 0 aromatic carbocycles. The molecular formula is C10H19NO4. The van der Waals surface area contributed by atoms with Gasteiger partial charge in [-0.15, -0.1) is 0 Å². The number of rotatable bonds is 4. The molecule has 1 aliphatic heterocycles. The zero-order chi connectivity index (χ0) is 11.3. The van der Waals surface area contributed by atoms with Gasteiger partial charge in [0, 0.05) is 19.6 Å². The van der Waals surface area contributed by atoms with Crippen LogP contribution in [-0.2, 0) is 9.53 Å². The summed E-state index contributed by atoms with van der Waals surface area (Å²) in [5.74, 6) is 0.0262. The lowest BCUT2D eigenvalue weighted by Gasteiger charge is -2.37. The molecule has 0 bridgehead atoms. The van der Waals surface area contributed by atoms with Gasteiger partial charge in [0.05, 0.1) is 25.4 Å². The van der Waals surface area contributed by atoms with Crippen molar-refractivity contribution in [1.29, 1.82) is 0 Å². The van der Waals surface area contributed by atoms with Crippen LogP contribution in [0.15, 0.2) is 0 Å². The number of aliphatic hydroxyl groups excluding tert-OH is 2. The third-order valence-electron chi connectivity index (χ3n) is 2.58. The number of ether oxygens (including phenoxy) is 1. The Morgan fingerprint density at radius 3 is 2.87 bits per heavy atom. The van der Waals surface area contributed by atoms with E-state index in [1.807, 2.05) is 6.92 Å². The van der Waals surface area contributed by atoms with E-state index < -0.39 is 0 Å². The molecular weight excluding hydrogens is 198 g/mol. The molecule has 1 rings (SSSR count). The molecule has 2 N–H and O–H groups in total. The summed E-state index contributed by atoms with van der Waals surface area (Å²) in [4.78, 5) is 13.4. The highest BCUT2D eigenvalue weighted by Gasteiger charge is 2.28. The zero-order valence-electron chi connectivity index (χ0n) is 9.06. The molecule has 1 fully saturated rings. The lowest BCUT2D eigenvalue weighted by atomic mass is 10.1. The molecule has 0 aromatic heterocycles. The van der Waals surface area contributed by atoms with Gasteiger partial charge in [0.25, 0.3) is 0 Å². The fraction of sp³-hybridized carbons (Fsp3) is 0.900. The number of morpholine rings is 1. The molecule has 0 aliphatic carbocycles. The number of carbonyl (C=O) groups is 1. The number of carbonyl (C=O) groups excluding carboxylic acids is 1. The van der Waals surface area contributed by atoms with Gasteiger partial charge in [-0.3, -0.25) is 4.79 Å². The predicted octanol–water partition coefficient (Wildman–Crippen LogP) is -0.633. The molecule has 1 aliphatic rings.